The Balaban J connectivity index is 1.34. The van der Waals surface area contributed by atoms with Crippen LogP contribution < -0.4 is 10.3 Å². The number of rotatable bonds is 5. The standard InChI is InChI=1S/C25H26N2O3/c1-18-14-23(16-24(28)26(18)2)30-22-12-13-27(17-22)25(29)15-19-8-10-21(11-9-19)20-6-4-3-5-7-20/h3-11,14,16,22H,12-13,15,17H2,1-2H3. The summed E-state index contributed by atoms with van der Waals surface area (Å²) in [5.41, 5.74) is 4.08. The number of aryl methyl sites for hydroxylation is 1. The maximum absolute atomic E-state index is 12.7. The average molecular weight is 402 g/mol. The zero-order chi connectivity index (χ0) is 21.1. The first-order valence-corrected chi connectivity index (χ1v) is 10.3. The summed E-state index contributed by atoms with van der Waals surface area (Å²) in [7, 11) is 1.74. The van der Waals surface area contributed by atoms with Gasteiger partial charge >= 0.3 is 0 Å². The molecule has 1 fully saturated rings. The molecule has 5 heteroatoms. The summed E-state index contributed by atoms with van der Waals surface area (Å²) in [4.78, 5) is 26.5. The molecule has 0 aliphatic carbocycles. The molecule has 2 aromatic carbocycles. The van der Waals surface area contributed by atoms with Gasteiger partial charge in [0.05, 0.1) is 13.0 Å². The predicted molar refractivity (Wildman–Crippen MR) is 118 cm³/mol. The lowest BCUT2D eigenvalue weighted by Gasteiger charge is -2.18. The van der Waals surface area contributed by atoms with Crippen LogP contribution in [-0.2, 0) is 18.3 Å². The van der Waals surface area contributed by atoms with Gasteiger partial charge in [0.1, 0.15) is 11.9 Å². The van der Waals surface area contributed by atoms with Crippen molar-refractivity contribution in [3.8, 4) is 16.9 Å². The number of aromatic nitrogens is 1. The van der Waals surface area contributed by atoms with Gasteiger partial charge in [0.15, 0.2) is 0 Å². The van der Waals surface area contributed by atoms with E-state index in [9.17, 15) is 9.59 Å². The summed E-state index contributed by atoms with van der Waals surface area (Å²) < 4.78 is 7.56. The molecule has 2 heterocycles. The first-order chi connectivity index (χ1) is 14.5. The number of hydrogen-bond acceptors (Lipinski definition) is 3. The minimum absolute atomic E-state index is 0.0825. The highest BCUT2D eigenvalue weighted by atomic mass is 16.5. The van der Waals surface area contributed by atoms with Gasteiger partial charge in [-0.3, -0.25) is 9.59 Å². The van der Waals surface area contributed by atoms with E-state index < -0.39 is 0 Å². The van der Waals surface area contributed by atoms with Crippen molar-refractivity contribution in [2.45, 2.75) is 25.9 Å². The Hall–Kier alpha value is -3.34. The molecule has 1 amide bonds. The number of amides is 1. The molecule has 154 valence electrons. The SMILES string of the molecule is Cc1cc(OC2CCN(C(=O)Cc3ccc(-c4ccccc4)cc3)C2)cc(=O)n1C. The second-order valence-electron chi connectivity index (χ2n) is 7.84. The first kappa shape index (κ1) is 20.0. The molecule has 1 unspecified atom stereocenters. The van der Waals surface area contributed by atoms with E-state index in [2.05, 4.69) is 24.3 Å². The van der Waals surface area contributed by atoms with Gasteiger partial charge in [-0.2, -0.15) is 0 Å². The fourth-order valence-corrected chi connectivity index (χ4v) is 3.78. The van der Waals surface area contributed by atoms with Crippen molar-refractivity contribution in [2.75, 3.05) is 13.1 Å². The molecule has 1 aliphatic rings. The molecule has 0 spiro atoms. The molecule has 3 aromatic rings. The Kier molecular flexibility index (Phi) is 5.70. The number of ether oxygens (including phenoxy) is 1. The molecule has 0 bridgehead atoms. The van der Waals surface area contributed by atoms with Gasteiger partial charge in [-0.15, -0.1) is 0 Å². The van der Waals surface area contributed by atoms with Crippen LogP contribution in [0.2, 0.25) is 0 Å². The van der Waals surface area contributed by atoms with Crippen LogP contribution >= 0.6 is 0 Å². The van der Waals surface area contributed by atoms with Gasteiger partial charge in [0.2, 0.25) is 5.91 Å². The van der Waals surface area contributed by atoms with E-state index >= 15 is 0 Å². The summed E-state index contributed by atoms with van der Waals surface area (Å²) >= 11 is 0. The van der Waals surface area contributed by atoms with E-state index in [0.717, 1.165) is 23.2 Å². The fourth-order valence-electron chi connectivity index (χ4n) is 3.78. The number of carbonyl (C=O) groups excluding carboxylic acids is 1. The van der Waals surface area contributed by atoms with Crippen LogP contribution in [0, 0.1) is 6.92 Å². The van der Waals surface area contributed by atoms with Gasteiger partial charge in [-0.25, -0.2) is 0 Å². The van der Waals surface area contributed by atoms with Crippen molar-refractivity contribution < 1.29 is 9.53 Å². The zero-order valence-corrected chi connectivity index (χ0v) is 17.4. The highest BCUT2D eigenvalue weighted by molar-refractivity contribution is 5.79. The number of hydrogen-bond donors (Lipinski definition) is 0. The van der Waals surface area contributed by atoms with Crippen molar-refractivity contribution in [3.05, 3.63) is 88.3 Å². The third kappa shape index (κ3) is 4.46. The topological polar surface area (TPSA) is 51.5 Å². The van der Waals surface area contributed by atoms with Crippen molar-refractivity contribution in [1.29, 1.82) is 0 Å². The number of carbonyl (C=O) groups is 1. The van der Waals surface area contributed by atoms with Crippen LogP contribution in [0.25, 0.3) is 11.1 Å². The number of nitrogens with zero attached hydrogens (tertiary/aromatic N) is 2. The average Bonchev–Trinajstić information content (AvgIpc) is 3.22. The predicted octanol–water partition coefficient (Wildman–Crippen LogP) is 3.58. The van der Waals surface area contributed by atoms with Crippen LogP contribution in [-0.4, -0.2) is 34.6 Å². The molecule has 1 aliphatic heterocycles. The molecule has 0 N–H and O–H groups in total. The molecular weight excluding hydrogens is 376 g/mol. The Morgan fingerprint density at radius 3 is 2.43 bits per heavy atom. The van der Waals surface area contributed by atoms with Gasteiger partial charge in [0, 0.05) is 31.8 Å². The lowest BCUT2D eigenvalue weighted by atomic mass is 10.0. The highest BCUT2D eigenvalue weighted by Crippen LogP contribution is 2.21. The second kappa shape index (κ2) is 8.57. The molecule has 4 rings (SSSR count). The number of benzene rings is 2. The van der Waals surface area contributed by atoms with E-state index in [1.54, 1.807) is 11.6 Å². The maximum atomic E-state index is 12.7. The van der Waals surface area contributed by atoms with Gasteiger partial charge in [-0.1, -0.05) is 54.6 Å². The molecule has 0 radical (unpaired) electrons. The number of likely N-dealkylation sites (tertiary alicyclic amines) is 1. The zero-order valence-electron chi connectivity index (χ0n) is 17.4. The first-order valence-electron chi connectivity index (χ1n) is 10.3. The minimum atomic E-state index is -0.0881. The molecular formula is C25H26N2O3. The Labute approximate surface area is 176 Å². The minimum Gasteiger partial charge on any atom is -0.488 e. The van der Waals surface area contributed by atoms with E-state index in [1.165, 1.54) is 11.6 Å². The molecule has 5 nitrogen and oxygen atoms in total. The quantitative estimate of drug-likeness (QED) is 0.655. The van der Waals surface area contributed by atoms with E-state index in [1.807, 2.05) is 48.2 Å². The Morgan fingerprint density at radius 1 is 1.03 bits per heavy atom. The van der Waals surface area contributed by atoms with Crippen molar-refractivity contribution in [1.82, 2.24) is 9.47 Å². The molecule has 30 heavy (non-hydrogen) atoms. The van der Waals surface area contributed by atoms with Crippen molar-refractivity contribution >= 4 is 5.91 Å². The molecule has 1 atom stereocenters. The van der Waals surface area contributed by atoms with E-state index in [-0.39, 0.29) is 17.6 Å². The summed E-state index contributed by atoms with van der Waals surface area (Å²) in [6.45, 7) is 3.10. The van der Waals surface area contributed by atoms with Gasteiger partial charge in [-0.05, 0) is 29.7 Å². The normalized spacial score (nSPS) is 15.9. The van der Waals surface area contributed by atoms with Crippen molar-refractivity contribution in [2.24, 2.45) is 7.05 Å². The summed E-state index contributed by atoms with van der Waals surface area (Å²) in [6, 6.07) is 21.7. The summed E-state index contributed by atoms with van der Waals surface area (Å²) in [6.07, 6.45) is 1.07. The lowest BCUT2D eigenvalue weighted by molar-refractivity contribution is -0.129. The maximum Gasteiger partial charge on any atom is 0.254 e. The Morgan fingerprint density at radius 2 is 1.73 bits per heavy atom. The van der Waals surface area contributed by atoms with Crippen LogP contribution in [0.5, 0.6) is 5.75 Å². The van der Waals surface area contributed by atoms with Crippen LogP contribution in [0.1, 0.15) is 17.7 Å². The van der Waals surface area contributed by atoms with Crippen LogP contribution in [0.3, 0.4) is 0 Å². The van der Waals surface area contributed by atoms with Crippen LogP contribution in [0.15, 0.2) is 71.5 Å². The largest absolute Gasteiger partial charge is 0.488 e. The second-order valence-corrected chi connectivity index (χ2v) is 7.84. The molecule has 1 saturated heterocycles. The Bertz CT molecular complexity index is 1090. The monoisotopic (exact) mass is 402 g/mol. The van der Waals surface area contributed by atoms with Crippen molar-refractivity contribution in [3.63, 3.8) is 0 Å². The van der Waals surface area contributed by atoms with E-state index in [4.69, 9.17) is 4.74 Å². The third-order valence-corrected chi connectivity index (χ3v) is 5.69. The van der Waals surface area contributed by atoms with Gasteiger partial charge in [0.25, 0.3) is 5.56 Å². The van der Waals surface area contributed by atoms with Gasteiger partial charge < -0.3 is 14.2 Å². The smallest absolute Gasteiger partial charge is 0.254 e. The highest BCUT2D eigenvalue weighted by Gasteiger charge is 2.27. The van der Waals surface area contributed by atoms with E-state index in [0.29, 0.717) is 25.3 Å². The summed E-state index contributed by atoms with van der Waals surface area (Å²) in [5.74, 6) is 0.681. The molecule has 0 saturated carbocycles. The fraction of sp³-hybridized carbons (Fsp3) is 0.280. The third-order valence-electron chi connectivity index (χ3n) is 5.69. The van der Waals surface area contributed by atoms with Crippen LogP contribution in [0.4, 0.5) is 0 Å². The lowest BCUT2D eigenvalue weighted by Crippen LogP contribution is -2.32. The molecule has 1 aromatic heterocycles. The summed E-state index contributed by atoms with van der Waals surface area (Å²) in [5, 5.41) is 0. The number of pyridine rings is 1.